The Morgan fingerprint density at radius 1 is 1.27 bits per heavy atom. The lowest BCUT2D eigenvalue weighted by atomic mass is 10.1. The Bertz CT molecular complexity index is 282. The van der Waals surface area contributed by atoms with Gasteiger partial charge in [0.1, 0.15) is 0 Å². The van der Waals surface area contributed by atoms with Gasteiger partial charge in [-0.15, -0.1) is 5.11 Å². The van der Waals surface area contributed by atoms with Gasteiger partial charge in [-0.1, -0.05) is 27.7 Å². The summed E-state index contributed by atoms with van der Waals surface area (Å²) in [6.45, 7) is 10.00. The average Bonchev–Trinajstić information content (AvgIpc) is 1.97. The molecule has 0 fully saturated rings. The third-order valence-electron chi connectivity index (χ3n) is 2.02. The van der Waals surface area contributed by atoms with Gasteiger partial charge in [-0.3, -0.25) is 4.79 Å². The number of rotatable bonds is 5. The van der Waals surface area contributed by atoms with Gasteiger partial charge >= 0.3 is 0 Å². The molecule has 84 valence electrons. The van der Waals surface area contributed by atoms with Crippen molar-refractivity contribution in [3.8, 4) is 0 Å². The summed E-state index contributed by atoms with van der Waals surface area (Å²) in [7, 11) is 0. The van der Waals surface area contributed by atoms with Crippen molar-refractivity contribution < 1.29 is 4.79 Å². The average molecular weight is 209 g/mol. The molecule has 0 bridgehead atoms. The number of hydrogen-bond acceptors (Lipinski definition) is 3. The molecule has 1 aliphatic heterocycles. The highest BCUT2D eigenvalue weighted by atomic mass is 16.2. The lowest BCUT2D eigenvalue weighted by Crippen LogP contribution is -2.38. The van der Waals surface area contributed by atoms with Crippen LogP contribution in [0.3, 0.4) is 0 Å². The van der Waals surface area contributed by atoms with Crippen molar-refractivity contribution in [3.05, 3.63) is 11.9 Å². The molecule has 1 heterocycles. The van der Waals surface area contributed by atoms with Gasteiger partial charge in [0.25, 0.3) is 5.91 Å². The molecule has 0 spiro atoms. The number of carbonyl (C=O) groups is 1. The van der Waals surface area contributed by atoms with Crippen LogP contribution in [0.5, 0.6) is 0 Å². The molecule has 4 heteroatoms. The molecule has 4 nitrogen and oxygen atoms in total. The van der Waals surface area contributed by atoms with E-state index in [0.717, 1.165) is 13.1 Å². The third kappa shape index (κ3) is 3.46. The standard InChI is InChI=1S/C11H19N3O/c1-8(2)6-14(7-9(3)4)11(15)10-5-12-13-10/h5,8-9H,6-7H2,1-4H3. The number of carbonyl (C=O) groups excluding carboxylic acids is 1. The molecule has 0 aromatic carbocycles. The van der Waals surface area contributed by atoms with Gasteiger partial charge < -0.3 is 4.90 Å². The molecule has 0 atom stereocenters. The van der Waals surface area contributed by atoms with Gasteiger partial charge in [0.2, 0.25) is 0 Å². The minimum atomic E-state index is 0.00685. The first-order chi connectivity index (χ1) is 7.00. The van der Waals surface area contributed by atoms with Gasteiger partial charge in [0.05, 0.1) is 6.20 Å². The smallest absolute Gasteiger partial charge is 0.276 e. The van der Waals surface area contributed by atoms with E-state index < -0.39 is 0 Å². The summed E-state index contributed by atoms with van der Waals surface area (Å²) >= 11 is 0. The number of nitrogens with zero attached hydrogens (tertiary/aromatic N) is 3. The summed E-state index contributed by atoms with van der Waals surface area (Å²) < 4.78 is 0. The predicted molar refractivity (Wildman–Crippen MR) is 59.2 cm³/mol. The quantitative estimate of drug-likeness (QED) is 0.685. The van der Waals surface area contributed by atoms with Crippen molar-refractivity contribution >= 4 is 5.91 Å². The van der Waals surface area contributed by atoms with E-state index in [4.69, 9.17) is 0 Å². The van der Waals surface area contributed by atoms with E-state index in [2.05, 4.69) is 37.9 Å². The Morgan fingerprint density at radius 2 is 1.73 bits per heavy atom. The zero-order chi connectivity index (χ0) is 11.4. The predicted octanol–water partition coefficient (Wildman–Crippen LogP) is 2.43. The fourth-order valence-electron chi connectivity index (χ4n) is 1.50. The fraction of sp³-hybridized carbons (Fsp3) is 0.727. The maximum absolute atomic E-state index is 11.9. The third-order valence-corrected chi connectivity index (χ3v) is 2.02. The van der Waals surface area contributed by atoms with Gasteiger partial charge in [0, 0.05) is 13.1 Å². The first kappa shape index (κ1) is 11.9. The first-order valence-corrected chi connectivity index (χ1v) is 5.41. The molecule has 0 radical (unpaired) electrons. The zero-order valence-corrected chi connectivity index (χ0v) is 9.90. The molecule has 1 rings (SSSR count). The minimum absolute atomic E-state index is 0.00685. The molecule has 0 saturated carbocycles. The normalized spacial score (nSPS) is 14.1. The second-order valence-corrected chi connectivity index (χ2v) is 4.73. The topological polar surface area (TPSA) is 45.0 Å². The maximum atomic E-state index is 11.9. The lowest BCUT2D eigenvalue weighted by Gasteiger charge is -2.26. The molecule has 0 saturated heterocycles. The van der Waals surface area contributed by atoms with E-state index in [1.54, 1.807) is 0 Å². The molecule has 15 heavy (non-hydrogen) atoms. The van der Waals surface area contributed by atoms with E-state index in [-0.39, 0.29) is 5.91 Å². The molecule has 0 unspecified atom stereocenters. The molecule has 1 amide bonds. The van der Waals surface area contributed by atoms with E-state index >= 15 is 0 Å². The molecular formula is C11H19N3O. The van der Waals surface area contributed by atoms with Crippen molar-refractivity contribution in [1.29, 1.82) is 0 Å². The summed E-state index contributed by atoms with van der Waals surface area (Å²) in [4.78, 5) is 13.8. The number of amides is 1. The van der Waals surface area contributed by atoms with Crippen LogP contribution in [-0.4, -0.2) is 23.9 Å². The van der Waals surface area contributed by atoms with Crippen LogP contribution in [0.15, 0.2) is 22.1 Å². The van der Waals surface area contributed by atoms with Gasteiger partial charge in [-0.2, -0.15) is 5.11 Å². The van der Waals surface area contributed by atoms with Gasteiger partial charge in [-0.25, -0.2) is 0 Å². The Kier molecular flexibility index (Phi) is 4.00. The Balaban J connectivity index is 2.58. The maximum Gasteiger partial charge on any atom is 0.276 e. The van der Waals surface area contributed by atoms with Crippen LogP contribution >= 0.6 is 0 Å². The van der Waals surface area contributed by atoms with E-state index in [1.807, 2.05) is 4.90 Å². The van der Waals surface area contributed by atoms with Gasteiger partial charge in [-0.05, 0) is 11.8 Å². The van der Waals surface area contributed by atoms with Crippen LogP contribution in [0.25, 0.3) is 0 Å². The monoisotopic (exact) mass is 209 g/mol. The highest BCUT2D eigenvalue weighted by molar-refractivity contribution is 5.93. The SMILES string of the molecule is CC(C)CN(CC(C)C)C(=O)C1=CN=N1. The zero-order valence-electron chi connectivity index (χ0n) is 9.90. The highest BCUT2D eigenvalue weighted by Gasteiger charge is 2.22. The molecule has 0 aliphatic carbocycles. The highest BCUT2D eigenvalue weighted by Crippen LogP contribution is 2.15. The van der Waals surface area contributed by atoms with Crippen LogP contribution in [0.4, 0.5) is 0 Å². The van der Waals surface area contributed by atoms with Crippen molar-refractivity contribution in [2.24, 2.45) is 22.1 Å². The fourth-order valence-corrected chi connectivity index (χ4v) is 1.50. The summed E-state index contributed by atoms with van der Waals surface area (Å²) in [5, 5.41) is 7.27. The molecule has 1 aliphatic rings. The number of azo groups is 1. The lowest BCUT2D eigenvalue weighted by molar-refractivity contribution is -0.128. The Morgan fingerprint density at radius 3 is 2.00 bits per heavy atom. The van der Waals surface area contributed by atoms with Crippen molar-refractivity contribution in [3.63, 3.8) is 0 Å². The van der Waals surface area contributed by atoms with E-state index in [0.29, 0.717) is 17.5 Å². The summed E-state index contributed by atoms with van der Waals surface area (Å²) in [6, 6.07) is 0. The summed E-state index contributed by atoms with van der Waals surface area (Å²) in [5.74, 6) is 0.961. The number of hydrogen-bond donors (Lipinski definition) is 0. The molecular weight excluding hydrogens is 190 g/mol. The van der Waals surface area contributed by atoms with Crippen molar-refractivity contribution in [2.75, 3.05) is 13.1 Å². The van der Waals surface area contributed by atoms with E-state index in [9.17, 15) is 4.79 Å². The Hall–Kier alpha value is -1.19. The molecule has 0 N–H and O–H groups in total. The second kappa shape index (κ2) is 5.05. The molecule has 0 aromatic rings. The van der Waals surface area contributed by atoms with E-state index in [1.165, 1.54) is 6.20 Å². The van der Waals surface area contributed by atoms with Crippen LogP contribution in [0.2, 0.25) is 0 Å². The van der Waals surface area contributed by atoms with Crippen LogP contribution < -0.4 is 0 Å². The Labute approximate surface area is 91.1 Å². The second-order valence-electron chi connectivity index (χ2n) is 4.73. The summed E-state index contributed by atoms with van der Waals surface area (Å²) in [6.07, 6.45) is 1.52. The van der Waals surface area contributed by atoms with Gasteiger partial charge in [0.15, 0.2) is 5.70 Å². The minimum Gasteiger partial charge on any atom is -0.337 e. The van der Waals surface area contributed by atoms with Crippen LogP contribution in [-0.2, 0) is 4.79 Å². The largest absolute Gasteiger partial charge is 0.337 e. The molecule has 0 aromatic heterocycles. The first-order valence-electron chi connectivity index (χ1n) is 5.41. The van der Waals surface area contributed by atoms with Crippen molar-refractivity contribution in [1.82, 2.24) is 4.90 Å². The van der Waals surface area contributed by atoms with Crippen molar-refractivity contribution in [2.45, 2.75) is 27.7 Å². The van der Waals surface area contributed by atoms with Crippen LogP contribution in [0, 0.1) is 11.8 Å². The van der Waals surface area contributed by atoms with Crippen LogP contribution in [0.1, 0.15) is 27.7 Å². The summed E-state index contributed by atoms with van der Waals surface area (Å²) in [5.41, 5.74) is 0.483.